The molecule has 94 valence electrons. The van der Waals surface area contributed by atoms with E-state index in [0.717, 1.165) is 5.92 Å². The molecule has 0 heterocycles. The third-order valence-corrected chi connectivity index (χ3v) is 4.44. The van der Waals surface area contributed by atoms with Crippen molar-refractivity contribution in [3.05, 3.63) is 48.0 Å². The van der Waals surface area contributed by atoms with Gasteiger partial charge in [-0.2, -0.15) is 0 Å². The van der Waals surface area contributed by atoms with Crippen molar-refractivity contribution in [1.29, 1.82) is 0 Å². The Labute approximate surface area is 109 Å². The molecule has 2 aromatic carbocycles. The minimum Gasteiger partial charge on any atom is -0.313 e. The van der Waals surface area contributed by atoms with Crippen LogP contribution in [0.1, 0.15) is 31.9 Å². The van der Waals surface area contributed by atoms with Gasteiger partial charge in [0, 0.05) is 6.04 Å². The van der Waals surface area contributed by atoms with Gasteiger partial charge in [-0.3, -0.25) is 0 Å². The fourth-order valence-corrected chi connectivity index (χ4v) is 3.08. The largest absolute Gasteiger partial charge is 0.313 e. The molecule has 0 spiro atoms. The van der Waals surface area contributed by atoms with E-state index < -0.39 is 0 Å². The summed E-state index contributed by atoms with van der Waals surface area (Å²) >= 11 is 0. The molecule has 18 heavy (non-hydrogen) atoms. The molecular formula is C17H21N. The van der Waals surface area contributed by atoms with Gasteiger partial charge in [-0.05, 0) is 47.2 Å². The zero-order valence-corrected chi connectivity index (χ0v) is 11.4. The summed E-state index contributed by atoms with van der Waals surface area (Å²) in [5.74, 6) is 0.767. The van der Waals surface area contributed by atoms with Crippen LogP contribution in [0.3, 0.4) is 0 Å². The second-order valence-electron chi connectivity index (χ2n) is 6.17. The Morgan fingerprint density at radius 2 is 1.78 bits per heavy atom. The Kier molecular flexibility index (Phi) is 2.67. The first-order chi connectivity index (χ1) is 8.62. The van der Waals surface area contributed by atoms with Crippen molar-refractivity contribution < 1.29 is 0 Å². The van der Waals surface area contributed by atoms with Crippen molar-refractivity contribution in [3.8, 4) is 0 Å². The molecule has 1 aliphatic rings. The van der Waals surface area contributed by atoms with Crippen molar-refractivity contribution in [2.45, 2.75) is 26.3 Å². The highest BCUT2D eigenvalue weighted by molar-refractivity contribution is 5.83. The number of hydrogen-bond donors (Lipinski definition) is 1. The van der Waals surface area contributed by atoms with Crippen LogP contribution in [0.5, 0.6) is 0 Å². The average molecular weight is 239 g/mol. The lowest BCUT2D eigenvalue weighted by Crippen LogP contribution is -2.20. The van der Waals surface area contributed by atoms with E-state index in [1.165, 1.54) is 22.8 Å². The molecule has 1 N–H and O–H groups in total. The lowest BCUT2D eigenvalue weighted by molar-refractivity contribution is 0.441. The molecule has 1 saturated carbocycles. The highest BCUT2D eigenvalue weighted by Gasteiger charge is 2.49. The molecule has 2 unspecified atom stereocenters. The van der Waals surface area contributed by atoms with Gasteiger partial charge in [0.15, 0.2) is 0 Å². The quantitative estimate of drug-likeness (QED) is 0.848. The molecule has 1 nitrogen and oxygen atoms in total. The summed E-state index contributed by atoms with van der Waals surface area (Å²) in [5.41, 5.74) is 1.92. The Morgan fingerprint density at radius 1 is 1.11 bits per heavy atom. The Morgan fingerprint density at radius 3 is 2.39 bits per heavy atom. The molecule has 0 saturated heterocycles. The Hall–Kier alpha value is -1.34. The molecule has 1 aliphatic carbocycles. The zero-order chi connectivity index (χ0) is 12.8. The van der Waals surface area contributed by atoms with E-state index in [-0.39, 0.29) is 0 Å². The summed E-state index contributed by atoms with van der Waals surface area (Å²) in [6.07, 6.45) is 1.32. The second kappa shape index (κ2) is 4.10. The van der Waals surface area contributed by atoms with E-state index >= 15 is 0 Å². The monoisotopic (exact) mass is 239 g/mol. The smallest absolute Gasteiger partial charge is 0.0351 e. The van der Waals surface area contributed by atoms with Crippen molar-refractivity contribution in [3.63, 3.8) is 0 Å². The molecule has 2 atom stereocenters. The second-order valence-corrected chi connectivity index (χ2v) is 6.17. The van der Waals surface area contributed by atoms with E-state index in [4.69, 9.17) is 0 Å². The van der Waals surface area contributed by atoms with Crippen LogP contribution in [0.2, 0.25) is 0 Å². The van der Waals surface area contributed by atoms with Gasteiger partial charge in [0.05, 0.1) is 0 Å². The first-order valence-corrected chi connectivity index (χ1v) is 6.78. The van der Waals surface area contributed by atoms with Crippen LogP contribution in [0.25, 0.3) is 10.8 Å². The fourth-order valence-electron chi connectivity index (χ4n) is 3.08. The van der Waals surface area contributed by atoms with E-state index in [1.807, 2.05) is 0 Å². The van der Waals surface area contributed by atoms with Gasteiger partial charge in [0.25, 0.3) is 0 Å². The van der Waals surface area contributed by atoms with Gasteiger partial charge >= 0.3 is 0 Å². The Bertz CT molecular complexity index is 571. The summed E-state index contributed by atoms with van der Waals surface area (Å²) in [5, 5.41) is 6.17. The van der Waals surface area contributed by atoms with Crippen LogP contribution in [0, 0.1) is 11.3 Å². The van der Waals surface area contributed by atoms with Gasteiger partial charge in [0.1, 0.15) is 0 Å². The minimum absolute atomic E-state index is 0.490. The van der Waals surface area contributed by atoms with Gasteiger partial charge in [-0.25, -0.2) is 0 Å². The minimum atomic E-state index is 0.490. The number of fused-ring (bicyclic) bond motifs is 1. The van der Waals surface area contributed by atoms with E-state index in [9.17, 15) is 0 Å². The van der Waals surface area contributed by atoms with Gasteiger partial charge in [0.2, 0.25) is 0 Å². The number of benzene rings is 2. The van der Waals surface area contributed by atoms with Gasteiger partial charge in [-0.1, -0.05) is 50.2 Å². The van der Waals surface area contributed by atoms with E-state index in [1.54, 1.807) is 0 Å². The van der Waals surface area contributed by atoms with Crippen LogP contribution in [-0.4, -0.2) is 7.05 Å². The molecule has 2 aromatic rings. The highest BCUT2D eigenvalue weighted by Crippen LogP contribution is 2.57. The first-order valence-electron chi connectivity index (χ1n) is 6.78. The average Bonchev–Trinajstić information content (AvgIpc) is 2.99. The highest BCUT2D eigenvalue weighted by atomic mass is 14.9. The predicted molar refractivity (Wildman–Crippen MR) is 77.6 cm³/mol. The summed E-state index contributed by atoms with van der Waals surface area (Å²) < 4.78 is 0. The maximum Gasteiger partial charge on any atom is 0.0351 e. The maximum absolute atomic E-state index is 3.50. The van der Waals surface area contributed by atoms with Crippen molar-refractivity contribution in [1.82, 2.24) is 5.32 Å². The van der Waals surface area contributed by atoms with Gasteiger partial charge in [-0.15, -0.1) is 0 Å². The predicted octanol–water partition coefficient (Wildman–Crippen LogP) is 4.15. The SMILES string of the molecule is CNC(c1ccc2ccccc2c1)C1CC1(C)C. The third-order valence-electron chi connectivity index (χ3n) is 4.44. The van der Waals surface area contributed by atoms with Crippen LogP contribution in [0.4, 0.5) is 0 Å². The van der Waals surface area contributed by atoms with Crippen molar-refractivity contribution in [2.75, 3.05) is 7.05 Å². The first kappa shape index (κ1) is 11.7. The van der Waals surface area contributed by atoms with Gasteiger partial charge < -0.3 is 5.32 Å². The molecule has 0 aliphatic heterocycles. The van der Waals surface area contributed by atoms with Crippen LogP contribution >= 0.6 is 0 Å². The van der Waals surface area contributed by atoms with Crippen LogP contribution < -0.4 is 5.32 Å². The topological polar surface area (TPSA) is 12.0 Å². The number of hydrogen-bond acceptors (Lipinski definition) is 1. The molecule has 0 amide bonds. The normalized spacial score (nSPS) is 22.9. The maximum atomic E-state index is 3.50. The molecule has 0 radical (unpaired) electrons. The van der Waals surface area contributed by atoms with Crippen LogP contribution in [-0.2, 0) is 0 Å². The molecule has 0 aromatic heterocycles. The summed E-state index contributed by atoms with van der Waals surface area (Å²) in [4.78, 5) is 0. The van der Waals surface area contributed by atoms with Crippen molar-refractivity contribution >= 4 is 10.8 Å². The summed E-state index contributed by atoms with van der Waals surface area (Å²) in [7, 11) is 2.08. The number of nitrogens with one attached hydrogen (secondary N) is 1. The summed E-state index contributed by atoms with van der Waals surface area (Å²) in [6.45, 7) is 4.73. The lowest BCUT2D eigenvalue weighted by atomic mass is 9.95. The zero-order valence-electron chi connectivity index (χ0n) is 11.4. The molecular weight excluding hydrogens is 218 g/mol. The fraction of sp³-hybridized carbons (Fsp3) is 0.412. The molecule has 1 fully saturated rings. The van der Waals surface area contributed by atoms with Crippen molar-refractivity contribution in [2.24, 2.45) is 11.3 Å². The van der Waals surface area contributed by atoms with Crippen LogP contribution in [0.15, 0.2) is 42.5 Å². The number of rotatable bonds is 3. The Balaban J connectivity index is 1.98. The molecule has 0 bridgehead atoms. The van der Waals surface area contributed by atoms with E-state index in [2.05, 4.69) is 68.7 Å². The lowest BCUT2D eigenvalue weighted by Gasteiger charge is -2.19. The summed E-state index contributed by atoms with van der Waals surface area (Å²) in [6, 6.07) is 15.9. The standard InChI is InChI=1S/C17H21N/c1-17(2)11-15(17)16(18-3)14-9-8-12-6-4-5-7-13(12)10-14/h4-10,15-16,18H,11H2,1-3H3. The molecule has 3 rings (SSSR count). The third kappa shape index (κ3) is 1.93. The molecule has 1 heteroatoms. The van der Waals surface area contributed by atoms with E-state index in [0.29, 0.717) is 11.5 Å².